The molecule has 1 aliphatic heterocycles. The van der Waals surface area contributed by atoms with E-state index in [1.165, 1.54) is 41.3 Å². The Kier molecular flexibility index (Phi) is 5.64. The van der Waals surface area contributed by atoms with Crippen LogP contribution in [0.25, 0.3) is 10.8 Å². The maximum absolute atomic E-state index is 13.8. The van der Waals surface area contributed by atoms with Gasteiger partial charge in [0.1, 0.15) is 0 Å². The maximum Gasteiger partial charge on any atom is 0.181 e. The number of hydrogen-bond donors (Lipinski definition) is 0. The zero-order chi connectivity index (χ0) is 21.4. The quantitative estimate of drug-likeness (QED) is 0.526. The molecular formula is C28H32N2O. The SMILES string of the molecule is Cc1ccc(CN2CCN(C3CCC3)CC2C(=O)c2ccc3cc(C)ccc3c2)cc1. The van der Waals surface area contributed by atoms with Crippen molar-refractivity contribution in [1.82, 2.24) is 9.80 Å². The molecule has 31 heavy (non-hydrogen) atoms. The second kappa shape index (κ2) is 8.57. The number of aryl methyl sites for hydroxylation is 2. The largest absolute Gasteiger partial charge is 0.297 e. The van der Waals surface area contributed by atoms with Crippen LogP contribution in [0.15, 0.2) is 60.7 Å². The predicted molar refractivity (Wildman–Crippen MR) is 128 cm³/mol. The first-order chi connectivity index (χ1) is 15.1. The van der Waals surface area contributed by atoms with Crippen LogP contribution >= 0.6 is 0 Å². The molecule has 2 aliphatic rings. The molecule has 1 unspecified atom stereocenters. The molecule has 1 heterocycles. The fraction of sp³-hybridized carbons (Fsp3) is 0.393. The monoisotopic (exact) mass is 412 g/mol. The molecule has 0 spiro atoms. The van der Waals surface area contributed by atoms with E-state index >= 15 is 0 Å². The molecule has 3 heteroatoms. The Bertz CT molecular complexity index is 1080. The van der Waals surface area contributed by atoms with Crippen molar-refractivity contribution in [3.63, 3.8) is 0 Å². The molecule has 1 saturated carbocycles. The topological polar surface area (TPSA) is 23.6 Å². The first-order valence-corrected chi connectivity index (χ1v) is 11.6. The molecule has 0 amide bonds. The second-order valence-corrected chi connectivity index (χ2v) is 9.48. The van der Waals surface area contributed by atoms with Crippen LogP contribution in [0.2, 0.25) is 0 Å². The van der Waals surface area contributed by atoms with Gasteiger partial charge in [0.05, 0.1) is 6.04 Å². The van der Waals surface area contributed by atoms with Gasteiger partial charge in [-0.15, -0.1) is 0 Å². The van der Waals surface area contributed by atoms with Crippen LogP contribution in [0.1, 0.15) is 46.3 Å². The van der Waals surface area contributed by atoms with Crippen molar-refractivity contribution < 1.29 is 4.79 Å². The second-order valence-electron chi connectivity index (χ2n) is 9.48. The van der Waals surface area contributed by atoms with Gasteiger partial charge in [-0.05, 0) is 49.1 Å². The number of nitrogens with zero attached hydrogens (tertiary/aromatic N) is 2. The molecule has 1 aliphatic carbocycles. The van der Waals surface area contributed by atoms with E-state index in [0.29, 0.717) is 6.04 Å². The Balaban J connectivity index is 1.42. The molecule has 1 saturated heterocycles. The third kappa shape index (κ3) is 4.30. The number of Topliss-reactive ketones (excluding diaryl/α,β-unsaturated/α-hetero) is 1. The van der Waals surface area contributed by atoms with Crippen molar-refractivity contribution in [2.45, 2.75) is 51.7 Å². The standard InChI is InChI=1S/C28H32N2O/c1-20-6-9-22(10-7-20)18-30-15-14-29(26-4-3-5-26)19-27(30)28(31)25-13-12-23-16-21(2)8-11-24(23)17-25/h6-13,16-17,26-27H,3-5,14-15,18-19H2,1-2H3. The van der Waals surface area contributed by atoms with Crippen molar-refractivity contribution in [3.05, 3.63) is 82.9 Å². The number of ketones is 1. The van der Waals surface area contributed by atoms with Crippen molar-refractivity contribution in [2.75, 3.05) is 19.6 Å². The van der Waals surface area contributed by atoms with Gasteiger partial charge in [0.25, 0.3) is 0 Å². The van der Waals surface area contributed by atoms with E-state index in [9.17, 15) is 4.79 Å². The minimum absolute atomic E-state index is 0.0847. The van der Waals surface area contributed by atoms with Crippen LogP contribution < -0.4 is 0 Å². The molecular weight excluding hydrogens is 380 g/mol. The fourth-order valence-electron chi connectivity index (χ4n) is 5.00. The molecule has 3 aromatic rings. The Labute approximate surface area is 185 Å². The van der Waals surface area contributed by atoms with Gasteiger partial charge in [-0.2, -0.15) is 0 Å². The molecule has 0 radical (unpaired) electrons. The van der Waals surface area contributed by atoms with E-state index in [0.717, 1.165) is 37.1 Å². The van der Waals surface area contributed by atoms with Gasteiger partial charge >= 0.3 is 0 Å². The zero-order valence-electron chi connectivity index (χ0n) is 18.7. The first-order valence-electron chi connectivity index (χ1n) is 11.6. The molecule has 2 fully saturated rings. The summed E-state index contributed by atoms with van der Waals surface area (Å²) in [7, 11) is 0. The van der Waals surface area contributed by atoms with Gasteiger partial charge in [0, 0.05) is 37.8 Å². The first kappa shape index (κ1) is 20.4. The average Bonchev–Trinajstić information content (AvgIpc) is 2.74. The van der Waals surface area contributed by atoms with E-state index in [1.54, 1.807) is 0 Å². The number of benzene rings is 3. The summed E-state index contributed by atoms with van der Waals surface area (Å²) in [6, 6.07) is 22.0. The van der Waals surface area contributed by atoms with Crippen LogP contribution in [0.3, 0.4) is 0 Å². The highest BCUT2D eigenvalue weighted by atomic mass is 16.1. The summed E-state index contributed by atoms with van der Waals surface area (Å²) < 4.78 is 0. The Morgan fingerprint density at radius 2 is 1.58 bits per heavy atom. The highest BCUT2D eigenvalue weighted by molar-refractivity contribution is 6.03. The lowest BCUT2D eigenvalue weighted by molar-refractivity contribution is 0.0206. The minimum atomic E-state index is -0.0847. The number of carbonyl (C=O) groups excluding carboxylic acids is 1. The Hall–Kier alpha value is -2.49. The fourth-order valence-corrected chi connectivity index (χ4v) is 5.00. The van der Waals surface area contributed by atoms with Crippen LogP contribution in [0.5, 0.6) is 0 Å². The molecule has 0 bridgehead atoms. The summed E-state index contributed by atoms with van der Waals surface area (Å²) in [5, 5.41) is 2.35. The number of hydrogen-bond acceptors (Lipinski definition) is 3. The van der Waals surface area contributed by atoms with Crippen molar-refractivity contribution >= 4 is 16.6 Å². The third-order valence-corrected chi connectivity index (χ3v) is 7.20. The van der Waals surface area contributed by atoms with E-state index in [-0.39, 0.29) is 11.8 Å². The summed E-state index contributed by atoms with van der Waals surface area (Å²) >= 11 is 0. The van der Waals surface area contributed by atoms with Crippen LogP contribution in [-0.4, -0.2) is 47.3 Å². The van der Waals surface area contributed by atoms with Gasteiger partial charge in [0.2, 0.25) is 0 Å². The molecule has 0 N–H and O–H groups in total. The molecule has 3 aromatic carbocycles. The van der Waals surface area contributed by atoms with Crippen molar-refractivity contribution in [2.24, 2.45) is 0 Å². The van der Waals surface area contributed by atoms with Gasteiger partial charge < -0.3 is 0 Å². The summed E-state index contributed by atoms with van der Waals surface area (Å²) in [5.74, 6) is 0.263. The summed E-state index contributed by atoms with van der Waals surface area (Å²) in [4.78, 5) is 18.7. The molecule has 5 rings (SSSR count). The number of fused-ring (bicyclic) bond motifs is 1. The van der Waals surface area contributed by atoms with Crippen LogP contribution in [-0.2, 0) is 6.54 Å². The number of rotatable bonds is 5. The highest BCUT2D eigenvalue weighted by Crippen LogP contribution is 2.29. The lowest BCUT2D eigenvalue weighted by Gasteiger charge is -2.46. The molecule has 1 atom stereocenters. The average molecular weight is 413 g/mol. The Morgan fingerprint density at radius 1 is 0.871 bits per heavy atom. The van der Waals surface area contributed by atoms with Crippen LogP contribution in [0, 0.1) is 13.8 Å². The third-order valence-electron chi connectivity index (χ3n) is 7.20. The Morgan fingerprint density at radius 3 is 2.32 bits per heavy atom. The van der Waals surface area contributed by atoms with E-state index < -0.39 is 0 Å². The summed E-state index contributed by atoms with van der Waals surface area (Å²) in [6.45, 7) is 7.93. The highest BCUT2D eigenvalue weighted by Gasteiger charge is 2.36. The normalized spacial score (nSPS) is 20.6. The maximum atomic E-state index is 13.8. The molecule has 0 aromatic heterocycles. The van der Waals surface area contributed by atoms with Gasteiger partial charge in [-0.25, -0.2) is 0 Å². The smallest absolute Gasteiger partial charge is 0.181 e. The van der Waals surface area contributed by atoms with E-state index in [1.807, 2.05) is 6.07 Å². The van der Waals surface area contributed by atoms with Gasteiger partial charge in [-0.1, -0.05) is 72.1 Å². The summed E-state index contributed by atoms with van der Waals surface area (Å²) in [6.07, 6.45) is 3.90. The zero-order valence-corrected chi connectivity index (χ0v) is 18.7. The minimum Gasteiger partial charge on any atom is -0.297 e. The molecule has 160 valence electrons. The molecule has 3 nitrogen and oxygen atoms in total. The van der Waals surface area contributed by atoms with Crippen molar-refractivity contribution in [3.8, 4) is 0 Å². The van der Waals surface area contributed by atoms with Crippen molar-refractivity contribution in [1.29, 1.82) is 0 Å². The number of carbonyl (C=O) groups is 1. The lowest BCUT2D eigenvalue weighted by Crippen LogP contribution is -2.59. The van der Waals surface area contributed by atoms with Crippen LogP contribution in [0.4, 0.5) is 0 Å². The summed E-state index contributed by atoms with van der Waals surface area (Å²) in [5.41, 5.74) is 4.65. The lowest BCUT2D eigenvalue weighted by atomic mass is 9.89. The van der Waals surface area contributed by atoms with Gasteiger partial charge in [0.15, 0.2) is 5.78 Å². The number of piperazine rings is 1. The van der Waals surface area contributed by atoms with Gasteiger partial charge in [-0.3, -0.25) is 14.6 Å². The van der Waals surface area contributed by atoms with E-state index in [4.69, 9.17) is 0 Å². The predicted octanol–water partition coefficient (Wildman–Crippen LogP) is 5.38. The van der Waals surface area contributed by atoms with E-state index in [2.05, 4.69) is 78.2 Å².